The Bertz CT molecular complexity index is 588. The van der Waals surface area contributed by atoms with Crippen molar-refractivity contribution < 1.29 is 14.7 Å². The predicted octanol–water partition coefficient (Wildman–Crippen LogP) is 3.24. The van der Waals surface area contributed by atoms with Crippen molar-refractivity contribution in [2.45, 2.75) is 45.4 Å². The number of hydrogen-bond acceptors (Lipinski definition) is 2. The lowest BCUT2D eigenvalue weighted by Gasteiger charge is -2.35. The molecule has 1 aromatic carbocycles. The number of hydrogen-bond donors (Lipinski definition) is 1. The third-order valence-corrected chi connectivity index (χ3v) is 4.95. The Hall–Kier alpha value is -1.84. The van der Waals surface area contributed by atoms with Gasteiger partial charge in [0.25, 0.3) is 0 Å². The highest BCUT2D eigenvalue weighted by Gasteiger charge is 2.40. The summed E-state index contributed by atoms with van der Waals surface area (Å²) in [6, 6.07) is 5.11. The zero-order valence-corrected chi connectivity index (χ0v) is 12.4. The number of nitrogens with zero attached hydrogens (tertiary/aromatic N) is 1. The maximum absolute atomic E-state index is 12.9. The molecule has 0 bridgehead atoms. The van der Waals surface area contributed by atoms with E-state index in [2.05, 4.69) is 6.92 Å². The van der Waals surface area contributed by atoms with Gasteiger partial charge in [0.05, 0.1) is 5.56 Å². The van der Waals surface area contributed by atoms with Gasteiger partial charge in [-0.1, -0.05) is 32.3 Å². The molecule has 0 radical (unpaired) electrons. The normalized spacial score (nSPS) is 20.1. The number of fused-ring (bicyclic) bond motifs is 1. The number of benzene rings is 1. The average Bonchev–Trinajstić information content (AvgIpc) is 2.90. The van der Waals surface area contributed by atoms with Gasteiger partial charge in [-0.05, 0) is 37.0 Å². The molecule has 2 aliphatic rings. The smallest absolute Gasteiger partial charge is 0.335 e. The van der Waals surface area contributed by atoms with E-state index < -0.39 is 5.97 Å². The van der Waals surface area contributed by atoms with Crippen LogP contribution in [0.3, 0.4) is 0 Å². The van der Waals surface area contributed by atoms with Crippen LogP contribution in [-0.4, -0.2) is 23.5 Å². The van der Waals surface area contributed by atoms with Crippen LogP contribution in [0.5, 0.6) is 0 Å². The van der Waals surface area contributed by atoms with E-state index in [9.17, 15) is 9.59 Å². The molecule has 1 heterocycles. The Balaban J connectivity index is 1.91. The second-order valence-electron chi connectivity index (χ2n) is 6.48. The van der Waals surface area contributed by atoms with E-state index in [1.165, 1.54) is 6.42 Å². The summed E-state index contributed by atoms with van der Waals surface area (Å²) in [6.45, 7) is 2.74. The molecule has 0 unspecified atom stereocenters. The monoisotopic (exact) mass is 287 g/mol. The first-order chi connectivity index (χ1) is 10.0. The largest absolute Gasteiger partial charge is 0.478 e. The fraction of sp³-hybridized carbons (Fsp3) is 0.529. The Morgan fingerprint density at radius 1 is 1.19 bits per heavy atom. The molecule has 21 heavy (non-hydrogen) atoms. The number of carbonyl (C=O) groups is 2. The molecular weight excluding hydrogens is 266 g/mol. The number of aromatic carboxylic acids is 1. The van der Waals surface area contributed by atoms with Gasteiger partial charge in [-0.25, -0.2) is 4.79 Å². The summed E-state index contributed by atoms with van der Waals surface area (Å²) < 4.78 is 0. The number of carboxylic acid groups (broad SMARTS) is 1. The Morgan fingerprint density at radius 3 is 2.57 bits per heavy atom. The molecule has 3 rings (SSSR count). The summed E-state index contributed by atoms with van der Waals surface area (Å²) in [5.41, 5.74) is 1.85. The summed E-state index contributed by atoms with van der Waals surface area (Å²) in [7, 11) is 0. The van der Waals surface area contributed by atoms with E-state index in [1.807, 2.05) is 11.0 Å². The van der Waals surface area contributed by atoms with Crippen molar-refractivity contribution in [3.05, 3.63) is 29.3 Å². The van der Waals surface area contributed by atoms with Crippen molar-refractivity contribution in [2.24, 2.45) is 5.41 Å². The molecule has 4 heteroatoms. The van der Waals surface area contributed by atoms with Gasteiger partial charge in [0, 0.05) is 17.6 Å². The van der Waals surface area contributed by atoms with Gasteiger partial charge in [0.2, 0.25) is 5.91 Å². The van der Waals surface area contributed by atoms with Gasteiger partial charge >= 0.3 is 5.97 Å². The number of amides is 1. The standard InChI is InChI=1S/C17H21NO3/c1-17(8-3-2-4-9-17)16(21)18-10-7-12-5-6-13(15(19)20)11-14(12)18/h5-6,11H,2-4,7-10H2,1H3,(H,19,20). The Morgan fingerprint density at radius 2 is 1.90 bits per heavy atom. The molecule has 1 fully saturated rings. The first-order valence-corrected chi connectivity index (χ1v) is 7.69. The molecule has 0 spiro atoms. The van der Waals surface area contributed by atoms with Crippen molar-refractivity contribution in [3.63, 3.8) is 0 Å². The summed E-state index contributed by atoms with van der Waals surface area (Å²) in [5, 5.41) is 9.14. The second kappa shape index (κ2) is 5.17. The zero-order chi connectivity index (χ0) is 15.0. The van der Waals surface area contributed by atoms with Gasteiger partial charge in [-0.2, -0.15) is 0 Å². The molecule has 1 aliphatic carbocycles. The van der Waals surface area contributed by atoms with Gasteiger partial charge in [0.1, 0.15) is 0 Å². The van der Waals surface area contributed by atoms with Crippen LogP contribution < -0.4 is 4.90 Å². The third kappa shape index (κ3) is 2.43. The van der Waals surface area contributed by atoms with Gasteiger partial charge < -0.3 is 10.0 Å². The minimum atomic E-state index is -0.944. The van der Waals surface area contributed by atoms with E-state index in [1.54, 1.807) is 12.1 Å². The van der Waals surface area contributed by atoms with Crippen molar-refractivity contribution in [1.82, 2.24) is 0 Å². The second-order valence-corrected chi connectivity index (χ2v) is 6.48. The lowest BCUT2D eigenvalue weighted by molar-refractivity contribution is -0.129. The molecular formula is C17H21NO3. The van der Waals surface area contributed by atoms with E-state index in [-0.39, 0.29) is 16.9 Å². The van der Waals surface area contributed by atoms with Crippen molar-refractivity contribution in [3.8, 4) is 0 Å². The quantitative estimate of drug-likeness (QED) is 0.908. The summed E-state index contributed by atoms with van der Waals surface area (Å²) in [5.74, 6) is -0.774. The van der Waals surface area contributed by atoms with Crippen LogP contribution in [0.15, 0.2) is 18.2 Å². The molecule has 0 saturated heterocycles. The first kappa shape index (κ1) is 14.1. The van der Waals surface area contributed by atoms with E-state index in [0.717, 1.165) is 43.4 Å². The summed E-state index contributed by atoms with van der Waals surface area (Å²) in [4.78, 5) is 25.9. The maximum Gasteiger partial charge on any atom is 0.335 e. The molecule has 112 valence electrons. The van der Waals surface area contributed by atoms with Gasteiger partial charge in [0.15, 0.2) is 0 Å². The fourth-order valence-corrected chi connectivity index (χ4v) is 3.59. The van der Waals surface area contributed by atoms with Crippen LogP contribution in [-0.2, 0) is 11.2 Å². The number of carbonyl (C=O) groups excluding carboxylic acids is 1. The molecule has 1 N–H and O–H groups in total. The predicted molar refractivity (Wildman–Crippen MR) is 80.7 cm³/mol. The van der Waals surface area contributed by atoms with Crippen LogP contribution in [0.4, 0.5) is 5.69 Å². The SMILES string of the molecule is CC1(C(=O)N2CCc3ccc(C(=O)O)cc32)CCCCC1. The molecule has 1 aliphatic heterocycles. The fourth-order valence-electron chi connectivity index (χ4n) is 3.59. The Labute approximate surface area is 124 Å². The van der Waals surface area contributed by atoms with Crippen LogP contribution in [0.25, 0.3) is 0 Å². The topological polar surface area (TPSA) is 57.6 Å². The van der Waals surface area contributed by atoms with Crippen molar-refractivity contribution >= 4 is 17.6 Å². The van der Waals surface area contributed by atoms with E-state index >= 15 is 0 Å². The molecule has 4 nitrogen and oxygen atoms in total. The lowest BCUT2D eigenvalue weighted by atomic mass is 9.74. The summed E-state index contributed by atoms with van der Waals surface area (Å²) in [6.07, 6.45) is 6.13. The highest BCUT2D eigenvalue weighted by molar-refractivity contribution is 6.00. The molecule has 0 aromatic heterocycles. The van der Waals surface area contributed by atoms with Crippen molar-refractivity contribution in [2.75, 3.05) is 11.4 Å². The Kier molecular flexibility index (Phi) is 3.47. The molecule has 1 aromatic rings. The molecule has 1 amide bonds. The van der Waals surface area contributed by atoms with Crippen LogP contribution >= 0.6 is 0 Å². The van der Waals surface area contributed by atoms with E-state index in [4.69, 9.17) is 5.11 Å². The number of carboxylic acids is 1. The lowest BCUT2D eigenvalue weighted by Crippen LogP contribution is -2.42. The minimum absolute atomic E-state index is 0.170. The van der Waals surface area contributed by atoms with Crippen molar-refractivity contribution in [1.29, 1.82) is 0 Å². The van der Waals surface area contributed by atoms with Gasteiger partial charge in [-0.3, -0.25) is 4.79 Å². The average molecular weight is 287 g/mol. The summed E-state index contributed by atoms with van der Waals surface area (Å²) >= 11 is 0. The first-order valence-electron chi connectivity index (χ1n) is 7.69. The number of anilines is 1. The van der Waals surface area contributed by atoms with Crippen LogP contribution in [0.1, 0.15) is 54.9 Å². The highest BCUT2D eigenvalue weighted by atomic mass is 16.4. The highest BCUT2D eigenvalue weighted by Crippen LogP contribution is 2.40. The van der Waals surface area contributed by atoms with Crippen LogP contribution in [0, 0.1) is 5.41 Å². The third-order valence-electron chi connectivity index (χ3n) is 4.95. The zero-order valence-electron chi connectivity index (χ0n) is 12.4. The maximum atomic E-state index is 12.9. The minimum Gasteiger partial charge on any atom is -0.478 e. The van der Waals surface area contributed by atoms with E-state index in [0.29, 0.717) is 6.54 Å². The molecule has 0 atom stereocenters. The molecule has 1 saturated carbocycles. The van der Waals surface area contributed by atoms with Crippen LogP contribution in [0.2, 0.25) is 0 Å². The number of rotatable bonds is 2. The van der Waals surface area contributed by atoms with Gasteiger partial charge in [-0.15, -0.1) is 0 Å².